The number of aromatic nitrogens is 6. The van der Waals surface area contributed by atoms with E-state index in [0.717, 1.165) is 16.6 Å². The third kappa shape index (κ3) is 2.27. The monoisotopic (exact) mass is 360 g/mol. The van der Waals surface area contributed by atoms with Crippen LogP contribution in [0.2, 0.25) is 0 Å². The van der Waals surface area contributed by atoms with Gasteiger partial charge in [0.25, 0.3) is 5.56 Å². The van der Waals surface area contributed by atoms with E-state index >= 15 is 0 Å². The number of methoxy groups -OCH3 is 1. The molecule has 5 aromatic rings. The number of rotatable bonds is 4. The van der Waals surface area contributed by atoms with Crippen molar-refractivity contribution in [2.45, 2.75) is 6.54 Å². The van der Waals surface area contributed by atoms with Crippen molar-refractivity contribution in [2.75, 3.05) is 13.7 Å². The second-order valence-corrected chi connectivity index (χ2v) is 6.20. The van der Waals surface area contributed by atoms with Crippen molar-refractivity contribution in [3.8, 4) is 5.69 Å². The lowest BCUT2D eigenvalue weighted by atomic mass is 10.2. The molecule has 0 amide bonds. The molecule has 0 aliphatic carbocycles. The average Bonchev–Trinajstić information content (AvgIpc) is 3.36. The van der Waals surface area contributed by atoms with E-state index in [0.29, 0.717) is 29.8 Å². The van der Waals surface area contributed by atoms with Crippen LogP contribution in [0.4, 0.5) is 0 Å². The molecule has 0 aliphatic rings. The number of ether oxygens (including phenoxy) is 1. The normalized spacial score (nSPS) is 11.7. The van der Waals surface area contributed by atoms with Gasteiger partial charge >= 0.3 is 0 Å². The fourth-order valence-corrected chi connectivity index (χ4v) is 3.47. The molecule has 134 valence electrons. The van der Waals surface area contributed by atoms with Crippen LogP contribution in [-0.2, 0) is 11.3 Å². The lowest BCUT2D eigenvalue weighted by molar-refractivity contribution is 0.189. The molecule has 0 unspecified atom stereocenters. The molecule has 8 nitrogen and oxygen atoms in total. The van der Waals surface area contributed by atoms with Crippen LogP contribution in [0.1, 0.15) is 0 Å². The fourth-order valence-electron chi connectivity index (χ4n) is 3.47. The number of fused-ring (bicyclic) bond motifs is 4. The van der Waals surface area contributed by atoms with E-state index in [4.69, 9.17) is 4.74 Å². The van der Waals surface area contributed by atoms with Crippen molar-refractivity contribution < 1.29 is 4.74 Å². The van der Waals surface area contributed by atoms with Crippen LogP contribution in [0.15, 0.2) is 59.8 Å². The molecule has 0 atom stereocenters. The topological polar surface area (TPSA) is 79.2 Å². The SMILES string of the molecule is COCCn1c2c(cnc3c2cnn3-c2ccccc2)c(=O)n2nccc12. The average molecular weight is 360 g/mol. The summed E-state index contributed by atoms with van der Waals surface area (Å²) in [5.41, 5.74) is 2.92. The van der Waals surface area contributed by atoms with Gasteiger partial charge in [0.15, 0.2) is 5.65 Å². The third-order valence-electron chi connectivity index (χ3n) is 4.68. The van der Waals surface area contributed by atoms with Crippen molar-refractivity contribution in [1.82, 2.24) is 28.9 Å². The van der Waals surface area contributed by atoms with E-state index in [1.54, 1.807) is 30.4 Å². The zero-order valence-electron chi connectivity index (χ0n) is 14.6. The number of pyridine rings is 1. The van der Waals surface area contributed by atoms with Gasteiger partial charge < -0.3 is 9.30 Å². The first-order valence-corrected chi connectivity index (χ1v) is 8.57. The number of nitrogens with zero attached hydrogens (tertiary/aromatic N) is 6. The summed E-state index contributed by atoms with van der Waals surface area (Å²) in [6.45, 7) is 1.09. The summed E-state index contributed by atoms with van der Waals surface area (Å²) < 4.78 is 10.5. The van der Waals surface area contributed by atoms with E-state index < -0.39 is 0 Å². The summed E-state index contributed by atoms with van der Waals surface area (Å²) in [6.07, 6.45) is 4.98. The molecule has 1 aromatic carbocycles. The Hall–Kier alpha value is -3.52. The van der Waals surface area contributed by atoms with Crippen LogP contribution in [-0.4, -0.2) is 42.7 Å². The highest BCUT2D eigenvalue weighted by atomic mass is 16.5. The zero-order valence-corrected chi connectivity index (χ0v) is 14.6. The van der Waals surface area contributed by atoms with Crippen molar-refractivity contribution >= 4 is 27.6 Å². The third-order valence-corrected chi connectivity index (χ3v) is 4.68. The van der Waals surface area contributed by atoms with Crippen molar-refractivity contribution in [3.05, 3.63) is 65.3 Å². The summed E-state index contributed by atoms with van der Waals surface area (Å²) in [5.74, 6) is 0. The standard InChI is InChI=1S/C19H16N6O2/c1-27-10-9-23-16-7-8-21-25(16)19(26)15-11-20-18-14(17(15)23)12-22-24(18)13-5-3-2-4-6-13/h2-8,11-12H,9-10H2,1H3. The van der Waals surface area contributed by atoms with Crippen molar-refractivity contribution in [2.24, 2.45) is 0 Å². The second-order valence-electron chi connectivity index (χ2n) is 6.20. The van der Waals surface area contributed by atoms with Crippen molar-refractivity contribution in [3.63, 3.8) is 0 Å². The Bertz CT molecular complexity index is 1330. The van der Waals surface area contributed by atoms with E-state index in [2.05, 4.69) is 15.2 Å². The molecule has 0 N–H and O–H groups in total. The molecule has 27 heavy (non-hydrogen) atoms. The van der Waals surface area contributed by atoms with Gasteiger partial charge in [-0.05, 0) is 12.1 Å². The van der Waals surface area contributed by atoms with Crippen LogP contribution >= 0.6 is 0 Å². The van der Waals surface area contributed by atoms with E-state index in [9.17, 15) is 4.79 Å². The molecule has 0 spiro atoms. The summed E-state index contributed by atoms with van der Waals surface area (Å²) in [7, 11) is 1.66. The van der Waals surface area contributed by atoms with E-state index in [-0.39, 0.29) is 5.56 Å². The molecule has 4 heterocycles. The van der Waals surface area contributed by atoms with Gasteiger partial charge in [-0.25, -0.2) is 9.67 Å². The van der Waals surface area contributed by atoms with Gasteiger partial charge in [0.2, 0.25) is 0 Å². The lowest BCUT2D eigenvalue weighted by Gasteiger charge is -2.13. The number of hydrogen-bond acceptors (Lipinski definition) is 5. The number of para-hydroxylation sites is 1. The predicted octanol–water partition coefficient (Wildman–Crippen LogP) is 2.03. The zero-order chi connectivity index (χ0) is 18.4. The Balaban J connectivity index is 1.91. The fraction of sp³-hybridized carbons (Fsp3) is 0.158. The maximum Gasteiger partial charge on any atom is 0.283 e. The Morgan fingerprint density at radius 2 is 1.89 bits per heavy atom. The molecular weight excluding hydrogens is 344 g/mol. The summed E-state index contributed by atoms with van der Waals surface area (Å²) in [6, 6.07) is 11.6. The minimum atomic E-state index is -0.194. The summed E-state index contributed by atoms with van der Waals surface area (Å²) in [5, 5.41) is 10.00. The Labute approximate surface area is 153 Å². The summed E-state index contributed by atoms with van der Waals surface area (Å²) >= 11 is 0. The van der Waals surface area contributed by atoms with Crippen LogP contribution in [0.3, 0.4) is 0 Å². The van der Waals surface area contributed by atoms with E-state index in [1.165, 1.54) is 4.52 Å². The Morgan fingerprint density at radius 1 is 1.04 bits per heavy atom. The van der Waals surface area contributed by atoms with Crippen LogP contribution < -0.4 is 5.56 Å². The highest BCUT2D eigenvalue weighted by Gasteiger charge is 2.17. The van der Waals surface area contributed by atoms with Gasteiger partial charge in [-0.2, -0.15) is 14.7 Å². The molecule has 0 radical (unpaired) electrons. The molecular formula is C19H16N6O2. The number of benzene rings is 1. The van der Waals surface area contributed by atoms with Crippen LogP contribution in [0.5, 0.6) is 0 Å². The van der Waals surface area contributed by atoms with Gasteiger partial charge in [0, 0.05) is 25.9 Å². The first kappa shape index (κ1) is 15.7. The maximum atomic E-state index is 12.9. The molecule has 0 saturated carbocycles. The first-order chi connectivity index (χ1) is 13.3. The van der Waals surface area contributed by atoms with Gasteiger partial charge in [0.1, 0.15) is 5.65 Å². The Kier molecular flexibility index (Phi) is 3.51. The first-order valence-electron chi connectivity index (χ1n) is 8.57. The van der Waals surface area contributed by atoms with E-state index in [1.807, 2.05) is 41.0 Å². The highest BCUT2D eigenvalue weighted by molar-refractivity contribution is 6.02. The van der Waals surface area contributed by atoms with Gasteiger partial charge in [-0.3, -0.25) is 4.79 Å². The molecule has 0 bridgehead atoms. The highest BCUT2D eigenvalue weighted by Crippen LogP contribution is 2.25. The number of hydrogen-bond donors (Lipinski definition) is 0. The predicted molar refractivity (Wildman–Crippen MR) is 101 cm³/mol. The largest absolute Gasteiger partial charge is 0.383 e. The lowest BCUT2D eigenvalue weighted by Crippen LogP contribution is -2.21. The minimum absolute atomic E-state index is 0.194. The minimum Gasteiger partial charge on any atom is -0.383 e. The maximum absolute atomic E-state index is 12.9. The molecule has 0 aliphatic heterocycles. The smallest absolute Gasteiger partial charge is 0.283 e. The molecule has 5 rings (SSSR count). The Morgan fingerprint density at radius 3 is 2.70 bits per heavy atom. The van der Waals surface area contributed by atoms with Gasteiger partial charge in [-0.15, -0.1) is 0 Å². The molecule has 8 heteroatoms. The molecule has 0 saturated heterocycles. The van der Waals surface area contributed by atoms with Crippen molar-refractivity contribution in [1.29, 1.82) is 0 Å². The van der Waals surface area contributed by atoms with Crippen LogP contribution in [0.25, 0.3) is 33.3 Å². The molecule has 4 aromatic heterocycles. The molecule has 0 fully saturated rings. The second kappa shape index (κ2) is 6.03. The van der Waals surface area contributed by atoms with Gasteiger partial charge in [0.05, 0.1) is 41.0 Å². The quantitative estimate of drug-likeness (QED) is 0.490. The summed E-state index contributed by atoms with van der Waals surface area (Å²) in [4.78, 5) is 17.4. The van der Waals surface area contributed by atoms with Crippen LogP contribution in [0, 0.1) is 0 Å². The van der Waals surface area contributed by atoms with Gasteiger partial charge in [-0.1, -0.05) is 18.2 Å².